The van der Waals surface area contributed by atoms with Gasteiger partial charge in [-0.2, -0.15) is 4.98 Å². The van der Waals surface area contributed by atoms with Crippen molar-refractivity contribution in [3.05, 3.63) is 52.7 Å². The first kappa shape index (κ1) is 15.2. The van der Waals surface area contributed by atoms with Crippen molar-refractivity contribution < 1.29 is 14.3 Å². The largest absolute Gasteiger partial charge is 0.459 e. The van der Waals surface area contributed by atoms with Gasteiger partial charge in [0.05, 0.1) is 11.7 Å². The molecule has 2 aromatic rings. The highest BCUT2D eigenvalue weighted by Gasteiger charge is 2.28. The lowest BCUT2D eigenvalue weighted by Gasteiger charge is -2.15. The number of hydrogen-bond acceptors (Lipinski definition) is 7. The minimum absolute atomic E-state index is 0.0717. The van der Waals surface area contributed by atoms with Crippen LogP contribution in [0.5, 0.6) is 0 Å². The first-order chi connectivity index (χ1) is 11.1. The molecule has 2 N–H and O–H groups in total. The molecule has 0 spiro atoms. The topological polar surface area (TPSA) is 109 Å². The predicted octanol–water partition coefficient (Wildman–Crippen LogP) is 0.755. The number of nitrogens with zero attached hydrogens (tertiary/aromatic N) is 3. The normalized spacial score (nSPS) is 20.3. The van der Waals surface area contributed by atoms with Gasteiger partial charge in [0.15, 0.2) is 0 Å². The molecule has 1 aliphatic heterocycles. The number of hydrogen-bond donors (Lipinski definition) is 1. The van der Waals surface area contributed by atoms with Crippen LogP contribution in [0.4, 0.5) is 5.95 Å². The smallest absolute Gasteiger partial charge is 0.354 e. The third kappa shape index (κ3) is 3.54. The molecular formula is C15H16N4O4. The van der Waals surface area contributed by atoms with E-state index in [9.17, 15) is 9.59 Å². The summed E-state index contributed by atoms with van der Waals surface area (Å²) in [5.74, 6) is -0.469. The summed E-state index contributed by atoms with van der Waals surface area (Å²) >= 11 is 0. The number of rotatable bonds is 4. The molecule has 1 aromatic carbocycles. The number of benzene rings is 1. The molecule has 120 valence electrons. The van der Waals surface area contributed by atoms with Crippen molar-refractivity contribution in [2.45, 2.75) is 25.2 Å². The molecule has 0 radical (unpaired) electrons. The van der Waals surface area contributed by atoms with Crippen LogP contribution >= 0.6 is 0 Å². The third-order valence-corrected chi connectivity index (χ3v) is 3.55. The van der Waals surface area contributed by atoms with Crippen LogP contribution in [0.15, 0.2) is 41.5 Å². The lowest BCUT2D eigenvalue weighted by atomic mass is 10.2. The Morgan fingerprint density at radius 2 is 2.13 bits per heavy atom. The molecule has 0 amide bonds. The van der Waals surface area contributed by atoms with Gasteiger partial charge in [-0.3, -0.25) is 4.57 Å². The second-order valence-electron chi connectivity index (χ2n) is 5.16. The molecule has 1 fully saturated rings. The molecule has 8 nitrogen and oxygen atoms in total. The number of nitrogen functional groups attached to an aromatic ring is 1. The number of carbonyl (C=O) groups excluding carboxylic acids is 1. The SMILES string of the molecule is Nc1ncn(C2CCC(COC(=O)c3ccccc3)O2)c(=O)n1. The van der Waals surface area contributed by atoms with E-state index >= 15 is 0 Å². The Kier molecular flexibility index (Phi) is 4.33. The summed E-state index contributed by atoms with van der Waals surface area (Å²) in [6, 6.07) is 8.74. The zero-order chi connectivity index (χ0) is 16.2. The summed E-state index contributed by atoms with van der Waals surface area (Å²) in [7, 11) is 0. The molecular weight excluding hydrogens is 300 g/mol. The van der Waals surface area contributed by atoms with Gasteiger partial charge < -0.3 is 15.2 Å². The van der Waals surface area contributed by atoms with E-state index in [1.807, 2.05) is 6.07 Å². The summed E-state index contributed by atoms with van der Waals surface area (Å²) in [6.07, 6.45) is 1.86. The summed E-state index contributed by atoms with van der Waals surface area (Å²) in [6.45, 7) is 0.134. The summed E-state index contributed by atoms with van der Waals surface area (Å²) < 4.78 is 12.2. The number of nitrogens with two attached hydrogens (primary N) is 1. The van der Waals surface area contributed by atoms with Gasteiger partial charge in [-0.15, -0.1) is 0 Å². The first-order valence-corrected chi connectivity index (χ1v) is 7.22. The van der Waals surface area contributed by atoms with Gasteiger partial charge >= 0.3 is 11.7 Å². The van der Waals surface area contributed by atoms with Gasteiger partial charge in [-0.05, 0) is 25.0 Å². The Hall–Kier alpha value is -2.74. The van der Waals surface area contributed by atoms with Gasteiger partial charge in [0.2, 0.25) is 5.95 Å². The first-order valence-electron chi connectivity index (χ1n) is 7.22. The number of anilines is 1. The van der Waals surface area contributed by atoms with Crippen molar-refractivity contribution in [2.24, 2.45) is 0 Å². The molecule has 2 atom stereocenters. The maximum Gasteiger partial charge on any atom is 0.354 e. The molecule has 3 rings (SSSR count). The van der Waals surface area contributed by atoms with Gasteiger partial charge in [0, 0.05) is 0 Å². The second kappa shape index (κ2) is 6.57. The predicted molar refractivity (Wildman–Crippen MR) is 80.6 cm³/mol. The van der Waals surface area contributed by atoms with Gasteiger partial charge in [0.1, 0.15) is 19.2 Å². The monoisotopic (exact) mass is 316 g/mol. The van der Waals surface area contributed by atoms with E-state index < -0.39 is 17.9 Å². The molecule has 1 aromatic heterocycles. The number of esters is 1. The lowest BCUT2D eigenvalue weighted by molar-refractivity contribution is -0.0343. The highest BCUT2D eigenvalue weighted by molar-refractivity contribution is 5.89. The van der Waals surface area contributed by atoms with Crippen molar-refractivity contribution in [3.63, 3.8) is 0 Å². The highest BCUT2D eigenvalue weighted by atomic mass is 16.6. The van der Waals surface area contributed by atoms with E-state index in [4.69, 9.17) is 15.2 Å². The minimum atomic E-state index is -0.510. The zero-order valence-electron chi connectivity index (χ0n) is 12.3. The number of carbonyl (C=O) groups is 1. The zero-order valence-corrected chi connectivity index (χ0v) is 12.3. The molecule has 23 heavy (non-hydrogen) atoms. The Balaban J connectivity index is 1.56. The molecule has 0 aliphatic carbocycles. The quantitative estimate of drug-likeness (QED) is 0.829. The molecule has 1 aliphatic rings. The minimum Gasteiger partial charge on any atom is -0.459 e. The van der Waals surface area contributed by atoms with Crippen LogP contribution in [0.1, 0.15) is 29.4 Å². The van der Waals surface area contributed by atoms with Crippen LogP contribution in [-0.2, 0) is 9.47 Å². The molecule has 0 bridgehead atoms. The van der Waals surface area contributed by atoms with E-state index in [1.54, 1.807) is 24.3 Å². The second-order valence-corrected chi connectivity index (χ2v) is 5.16. The molecule has 1 saturated heterocycles. The molecule has 2 heterocycles. The lowest BCUT2D eigenvalue weighted by Crippen LogP contribution is -2.29. The molecule has 8 heteroatoms. The maximum absolute atomic E-state index is 11.9. The maximum atomic E-state index is 11.9. The van der Waals surface area contributed by atoms with Crippen LogP contribution in [0, 0.1) is 0 Å². The highest BCUT2D eigenvalue weighted by Crippen LogP contribution is 2.27. The van der Waals surface area contributed by atoms with Crippen molar-refractivity contribution in [1.82, 2.24) is 14.5 Å². The fraction of sp³-hybridized carbons (Fsp3) is 0.333. The van der Waals surface area contributed by atoms with Crippen LogP contribution in [-0.4, -0.2) is 33.2 Å². The van der Waals surface area contributed by atoms with E-state index in [0.717, 1.165) is 0 Å². The van der Waals surface area contributed by atoms with Crippen LogP contribution < -0.4 is 11.4 Å². The van der Waals surface area contributed by atoms with Crippen molar-refractivity contribution in [1.29, 1.82) is 0 Å². The van der Waals surface area contributed by atoms with Crippen molar-refractivity contribution in [3.8, 4) is 0 Å². The van der Waals surface area contributed by atoms with Crippen LogP contribution in [0.2, 0.25) is 0 Å². The van der Waals surface area contributed by atoms with E-state index in [1.165, 1.54) is 10.9 Å². The van der Waals surface area contributed by atoms with Crippen LogP contribution in [0.3, 0.4) is 0 Å². The van der Waals surface area contributed by atoms with Crippen LogP contribution in [0.25, 0.3) is 0 Å². The summed E-state index contributed by atoms with van der Waals surface area (Å²) in [5, 5.41) is 0. The van der Waals surface area contributed by atoms with Crippen molar-refractivity contribution in [2.75, 3.05) is 12.3 Å². The van der Waals surface area contributed by atoms with E-state index in [-0.39, 0.29) is 18.7 Å². The average molecular weight is 316 g/mol. The van der Waals surface area contributed by atoms with E-state index in [0.29, 0.717) is 18.4 Å². The van der Waals surface area contributed by atoms with Gasteiger partial charge in [0.25, 0.3) is 0 Å². The van der Waals surface area contributed by atoms with Gasteiger partial charge in [-0.25, -0.2) is 14.6 Å². The van der Waals surface area contributed by atoms with E-state index in [2.05, 4.69) is 9.97 Å². The summed E-state index contributed by atoms with van der Waals surface area (Å²) in [4.78, 5) is 31.0. The molecule has 0 saturated carbocycles. The Labute approximate surface area is 131 Å². The third-order valence-electron chi connectivity index (χ3n) is 3.55. The Morgan fingerprint density at radius 3 is 2.87 bits per heavy atom. The number of aromatic nitrogens is 3. The fourth-order valence-electron chi connectivity index (χ4n) is 2.39. The standard InChI is InChI=1S/C15H16N4O4/c16-14-17-9-19(15(21)18-14)12-7-6-11(23-12)8-22-13(20)10-4-2-1-3-5-10/h1-5,9,11-12H,6-8H2,(H2,16,18,21). The Morgan fingerprint density at radius 1 is 1.35 bits per heavy atom. The van der Waals surface area contributed by atoms with Crippen molar-refractivity contribution >= 4 is 11.9 Å². The molecule has 2 unspecified atom stereocenters. The summed E-state index contributed by atoms with van der Waals surface area (Å²) in [5.41, 5.74) is 5.34. The van der Waals surface area contributed by atoms with Gasteiger partial charge in [-0.1, -0.05) is 18.2 Å². The fourth-order valence-corrected chi connectivity index (χ4v) is 2.39. The average Bonchev–Trinajstić information content (AvgIpc) is 3.02. The Bertz CT molecular complexity index is 747. The number of ether oxygens (including phenoxy) is 2.